The summed E-state index contributed by atoms with van der Waals surface area (Å²) in [5, 5.41) is 0. The van der Waals surface area contributed by atoms with Gasteiger partial charge in [-0.1, -0.05) is 25.0 Å². The highest BCUT2D eigenvalue weighted by molar-refractivity contribution is 9.10. The summed E-state index contributed by atoms with van der Waals surface area (Å²) in [6, 6.07) is 8.05. The molecule has 1 aromatic rings. The lowest BCUT2D eigenvalue weighted by Crippen LogP contribution is -2.08. The number of halogens is 1. The van der Waals surface area contributed by atoms with Crippen molar-refractivity contribution in [3.63, 3.8) is 0 Å². The molecule has 0 aliphatic heterocycles. The second-order valence-corrected chi connectivity index (χ2v) is 4.75. The Hall–Kier alpha value is -0.500. The van der Waals surface area contributed by atoms with Crippen LogP contribution in [0.2, 0.25) is 0 Å². The summed E-state index contributed by atoms with van der Waals surface area (Å²) < 4.78 is 6.83. The molecule has 2 heteroatoms. The average molecular weight is 255 g/mol. The molecule has 0 spiro atoms. The Balaban J connectivity index is 1.88. The van der Waals surface area contributed by atoms with Crippen LogP contribution in [-0.2, 0) is 0 Å². The van der Waals surface area contributed by atoms with Crippen molar-refractivity contribution in [1.82, 2.24) is 0 Å². The molecule has 1 aromatic carbocycles. The van der Waals surface area contributed by atoms with E-state index < -0.39 is 0 Å². The lowest BCUT2D eigenvalue weighted by atomic mass is 10.1. The zero-order valence-corrected chi connectivity index (χ0v) is 9.79. The Kier molecular flexibility index (Phi) is 3.46. The van der Waals surface area contributed by atoms with Crippen LogP contribution in [0.4, 0.5) is 0 Å². The van der Waals surface area contributed by atoms with Crippen molar-refractivity contribution < 1.29 is 4.74 Å². The van der Waals surface area contributed by atoms with Crippen LogP contribution in [0.25, 0.3) is 0 Å². The quantitative estimate of drug-likeness (QED) is 0.792. The third-order valence-electron chi connectivity index (χ3n) is 2.79. The van der Waals surface area contributed by atoms with Gasteiger partial charge < -0.3 is 4.74 Å². The van der Waals surface area contributed by atoms with Crippen molar-refractivity contribution in [2.24, 2.45) is 5.92 Å². The lowest BCUT2D eigenvalue weighted by Gasteiger charge is -2.12. The largest absolute Gasteiger partial charge is 0.492 e. The maximum atomic E-state index is 5.77. The summed E-state index contributed by atoms with van der Waals surface area (Å²) in [6.07, 6.45) is 5.43. The molecule has 0 heterocycles. The molecule has 76 valence electrons. The third kappa shape index (κ3) is 2.50. The third-order valence-corrected chi connectivity index (χ3v) is 3.44. The minimum Gasteiger partial charge on any atom is -0.492 e. The van der Waals surface area contributed by atoms with Gasteiger partial charge in [0.05, 0.1) is 11.1 Å². The van der Waals surface area contributed by atoms with Crippen molar-refractivity contribution in [2.75, 3.05) is 6.61 Å². The number of hydrogen-bond donors (Lipinski definition) is 0. The van der Waals surface area contributed by atoms with E-state index >= 15 is 0 Å². The van der Waals surface area contributed by atoms with Crippen LogP contribution < -0.4 is 4.74 Å². The first-order valence-corrected chi connectivity index (χ1v) is 6.03. The van der Waals surface area contributed by atoms with E-state index in [0.29, 0.717) is 0 Å². The van der Waals surface area contributed by atoms with E-state index in [0.717, 1.165) is 22.7 Å². The Morgan fingerprint density at radius 3 is 2.64 bits per heavy atom. The Bertz CT molecular complexity index is 292. The predicted molar refractivity (Wildman–Crippen MR) is 61.6 cm³/mol. The monoisotopic (exact) mass is 254 g/mol. The van der Waals surface area contributed by atoms with E-state index in [4.69, 9.17) is 4.74 Å². The second-order valence-electron chi connectivity index (χ2n) is 3.89. The van der Waals surface area contributed by atoms with Gasteiger partial charge in [0.15, 0.2) is 0 Å². The van der Waals surface area contributed by atoms with Gasteiger partial charge in [-0.05, 0) is 46.8 Å². The first-order valence-electron chi connectivity index (χ1n) is 5.23. The van der Waals surface area contributed by atoms with Gasteiger partial charge in [0.25, 0.3) is 0 Å². The van der Waals surface area contributed by atoms with E-state index in [1.807, 2.05) is 24.3 Å². The molecular weight excluding hydrogens is 240 g/mol. The first kappa shape index (κ1) is 10.0. The highest BCUT2D eigenvalue weighted by atomic mass is 79.9. The molecule has 0 unspecified atom stereocenters. The van der Waals surface area contributed by atoms with Crippen molar-refractivity contribution in [3.8, 4) is 5.75 Å². The van der Waals surface area contributed by atoms with Gasteiger partial charge in [0.1, 0.15) is 5.75 Å². The van der Waals surface area contributed by atoms with Crippen molar-refractivity contribution in [2.45, 2.75) is 25.7 Å². The summed E-state index contributed by atoms with van der Waals surface area (Å²) >= 11 is 3.48. The molecule has 1 aliphatic carbocycles. The molecule has 2 rings (SSSR count). The molecule has 1 saturated carbocycles. The molecule has 0 N–H and O–H groups in total. The van der Waals surface area contributed by atoms with E-state index in [2.05, 4.69) is 15.9 Å². The highest BCUT2D eigenvalue weighted by Crippen LogP contribution is 2.28. The molecule has 0 saturated heterocycles. The van der Waals surface area contributed by atoms with Gasteiger partial charge in [-0.2, -0.15) is 0 Å². The summed E-state index contributed by atoms with van der Waals surface area (Å²) in [7, 11) is 0. The number of para-hydroxylation sites is 1. The number of ether oxygens (including phenoxy) is 1. The fourth-order valence-corrected chi connectivity index (χ4v) is 2.35. The zero-order chi connectivity index (χ0) is 9.80. The number of rotatable bonds is 3. The molecule has 0 radical (unpaired) electrons. The maximum Gasteiger partial charge on any atom is 0.133 e. The first-order chi connectivity index (χ1) is 6.86. The minimum atomic E-state index is 0.780. The van der Waals surface area contributed by atoms with Gasteiger partial charge in [0.2, 0.25) is 0 Å². The van der Waals surface area contributed by atoms with Crippen LogP contribution >= 0.6 is 15.9 Å². The SMILES string of the molecule is Brc1ccccc1OCC1CCCC1. The molecule has 1 nitrogen and oxygen atoms in total. The van der Waals surface area contributed by atoms with Gasteiger partial charge in [-0.3, -0.25) is 0 Å². The summed E-state index contributed by atoms with van der Waals surface area (Å²) in [5.41, 5.74) is 0. The van der Waals surface area contributed by atoms with Gasteiger partial charge in [-0.25, -0.2) is 0 Å². The lowest BCUT2D eigenvalue weighted by molar-refractivity contribution is 0.251. The Labute approximate surface area is 93.6 Å². The molecular formula is C12H15BrO. The zero-order valence-electron chi connectivity index (χ0n) is 8.21. The normalized spacial score (nSPS) is 17.2. The Morgan fingerprint density at radius 2 is 1.93 bits per heavy atom. The number of benzene rings is 1. The predicted octanol–water partition coefficient (Wildman–Crippen LogP) is 4.02. The van der Waals surface area contributed by atoms with E-state index in [1.54, 1.807) is 0 Å². The smallest absolute Gasteiger partial charge is 0.133 e. The summed E-state index contributed by atoms with van der Waals surface area (Å²) in [4.78, 5) is 0. The van der Waals surface area contributed by atoms with Crippen molar-refractivity contribution in [3.05, 3.63) is 28.7 Å². The van der Waals surface area contributed by atoms with E-state index in [9.17, 15) is 0 Å². The molecule has 0 amide bonds. The van der Waals surface area contributed by atoms with Crippen LogP contribution in [0.5, 0.6) is 5.75 Å². The van der Waals surface area contributed by atoms with Gasteiger partial charge in [-0.15, -0.1) is 0 Å². The van der Waals surface area contributed by atoms with E-state index in [-0.39, 0.29) is 0 Å². The molecule has 1 fully saturated rings. The highest BCUT2D eigenvalue weighted by Gasteiger charge is 2.15. The molecule has 0 atom stereocenters. The van der Waals surface area contributed by atoms with Crippen molar-refractivity contribution in [1.29, 1.82) is 0 Å². The van der Waals surface area contributed by atoms with Crippen molar-refractivity contribution >= 4 is 15.9 Å². The average Bonchev–Trinajstić information content (AvgIpc) is 2.69. The molecule has 0 aromatic heterocycles. The summed E-state index contributed by atoms with van der Waals surface area (Å²) in [5.74, 6) is 1.75. The fraction of sp³-hybridized carbons (Fsp3) is 0.500. The van der Waals surface area contributed by atoms with E-state index in [1.165, 1.54) is 25.7 Å². The van der Waals surface area contributed by atoms with Crippen LogP contribution in [0.3, 0.4) is 0 Å². The molecule has 14 heavy (non-hydrogen) atoms. The maximum absolute atomic E-state index is 5.77. The van der Waals surface area contributed by atoms with Crippen LogP contribution in [0.15, 0.2) is 28.7 Å². The molecule has 1 aliphatic rings. The van der Waals surface area contributed by atoms with Gasteiger partial charge >= 0.3 is 0 Å². The van der Waals surface area contributed by atoms with Gasteiger partial charge in [0, 0.05) is 0 Å². The van der Waals surface area contributed by atoms with Crippen LogP contribution in [-0.4, -0.2) is 6.61 Å². The Morgan fingerprint density at radius 1 is 1.21 bits per heavy atom. The fourth-order valence-electron chi connectivity index (χ4n) is 1.95. The standard InChI is InChI=1S/C12H15BrO/c13-11-7-3-4-8-12(11)14-9-10-5-1-2-6-10/h3-4,7-8,10H,1-2,5-6,9H2. The van der Waals surface area contributed by atoms with Crippen LogP contribution in [0, 0.1) is 5.92 Å². The minimum absolute atomic E-state index is 0.780. The molecule has 0 bridgehead atoms. The number of hydrogen-bond acceptors (Lipinski definition) is 1. The summed E-state index contributed by atoms with van der Waals surface area (Å²) in [6.45, 7) is 0.878. The topological polar surface area (TPSA) is 9.23 Å². The second kappa shape index (κ2) is 4.83. The van der Waals surface area contributed by atoms with Crippen LogP contribution in [0.1, 0.15) is 25.7 Å².